The van der Waals surface area contributed by atoms with Gasteiger partial charge in [-0.2, -0.15) is 0 Å². The second-order valence-corrected chi connectivity index (χ2v) is 4.41. The fraction of sp³-hybridized carbons (Fsp3) is 0.500. The molecule has 1 unspecified atom stereocenters. The third-order valence-electron chi connectivity index (χ3n) is 2.73. The van der Waals surface area contributed by atoms with Crippen LogP contribution < -0.4 is 14.8 Å². The summed E-state index contributed by atoms with van der Waals surface area (Å²) in [5, 5.41) is 3.24. The van der Waals surface area contributed by atoms with Crippen molar-refractivity contribution in [3.63, 3.8) is 0 Å². The predicted octanol–water partition coefficient (Wildman–Crippen LogP) is 2.21. The van der Waals surface area contributed by atoms with Gasteiger partial charge in [0.2, 0.25) is 0 Å². The Morgan fingerprint density at radius 1 is 1.37 bits per heavy atom. The highest BCUT2D eigenvalue weighted by atomic mass is 16.6. The van der Waals surface area contributed by atoms with Crippen molar-refractivity contribution in [1.29, 1.82) is 0 Å². The Hall–Kier alpha value is -1.91. The first-order valence-electron chi connectivity index (χ1n) is 6.51. The zero-order valence-electron chi connectivity index (χ0n) is 11.3. The van der Waals surface area contributed by atoms with Gasteiger partial charge in [0.1, 0.15) is 13.2 Å². The number of rotatable bonds is 5. The topological polar surface area (TPSA) is 56.8 Å². The van der Waals surface area contributed by atoms with Gasteiger partial charge < -0.3 is 19.5 Å². The van der Waals surface area contributed by atoms with Crippen molar-refractivity contribution in [1.82, 2.24) is 0 Å². The molecule has 104 valence electrons. The van der Waals surface area contributed by atoms with E-state index in [9.17, 15) is 4.79 Å². The summed E-state index contributed by atoms with van der Waals surface area (Å²) in [4.78, 5) is 11.4. The fourth-order valence-electron chi connectivity index (χ4n) is 1.94. The molecule has 0 radical (unpaired) electrons. The van der Waals surface area contributed by atoms with Gasteiger partial charge in [-0.1, -0.05) is 0 Å². The molecule has 0 bridgehead atoms. The monoisotopic (exact) mass is 265 g/mol. The summed E-state index contributed by atoms with van der Waals surface area (Å²) in [7, 11) is 0. The lowest BCUT2D eigenvalue weighted by molar-refractivity contribution is -0.143. The Balaban J connectivity index is 1.93. The van der Waals surface area contributed by atoms with E-state index < -0.39 is 0 Å². The molecule has 1 heterocycles. The normalized spacial score (nSPS) is 14.6. The van der Waals surface area contributed by atoms with Crippen LogP contribution in [0.4, 0.5) is 5.69 Å². The van der Waals surface area contributed by atoms with E-state index in [1.807, 2.05) is 25.1 Å². The highest BCUT2D eigenvalue weighted by molar-refractivity contribution is 5.70. The maximum absolute atomic E-state index is 11.4. The predicted molar refractivity (Wildman–Crippen MR) is 71.8 cm³/mol. The van der Waals surface area contributed by atoms with E-state index in [2.05, 4.69) is 5.32 Å². The van der Waals surface area contributed by atoms with Crippen LogP contribution in [0.15, 0.2) is 18.2 Å². The van der Waals surface area contributed by atoms with Crippen LogP contribution in [0, 0.1) is 0 Å². The molecule has 1 aliphatic rings. The second kappa shape index (κ2) is 6.31. The van der Waals surface area contributed by atoms with Crippen molar-refractivity contribution in [2.75, 3.05) is 25.1 Å². The summed E-state index contributed by atoms with van der Waals surface area (Å²) in [5.74, 6) is 1.30. The van der Waals surface area contributed by atoms with E-state index in [-0.39, 0.29) is 12.0 Å². The SMILES string of the molecule is CCOC(=O)CC(C)Nc1ccc2c(c1)OCCO2. The number of esters is 1. The number of ether oxygens (including phenoxy) is 3. The number of nitrogens with one attached hydrogen (secondary N) is 1. The van der Waals surface area contributed by atoms with Gasteiger partial charge >= 0.3 is 5.97 Å². The molecule has 1 N–H and O–H groups in total. The molecule has 2 rings (SSSR count). The molecule has 0 spiro atoms. The molecule has 5 nitrogen and oxygen atoms in total. The van der Waals surface area contributed by atoms with Crippen molar-refractivity contribution in [2.24, 2.45) is 0 Å². The molecule has 19 heavy (non-hydrogen) atoms. The average Bonchev–Trinajstić information content (AvgIpc) is 2.38. The second-order valence-electron chi connectivity index (χ2n) is 4.41. The molecular formula is C14H19NO4. The summed E-state index contributed by atoms with van der Waals surface area (Å²) in [6.45, 7) is 5.30. The minimum absolute atomic E-state index is 0.00149. The molecule has 1 atom stereocenters. The zero-order chi connectivity index (χ0) is 13.7. The Morgan fingerprint density at radius 3 is 2.84 bits per heavy atom. The average molecular weight is 265 g/mol. The molecule has 1 aliphatic heterocycles. The zero-order valence-corrected chi connectivity index (χ0v) is 11.3. The van der Waals surface area contributed by atoms with Gasteiger partial charge in [0.25, 0.3) is 0 Å². The van der Waals surface area contributed by atoms with Crippen LogP contribution in [0.1, 0.15) is 20.3 Å². The van der Waals surface area contributed by atoms with Crippen LogP contribution in [-0.4, -0.2) is 31.8 Å². The van der Waals surface area contributed by atoms with E-state index in [1.165, 1.54) is 0 Å². The van der Waals surface area contributed by atoms with Crippen molar-refractivity contribution >= 4 is 11.7 Å². The Morgan fingerprint density at radius 2 is 2.11 bits per heavy atom. The third-order valence-corrected chi connectivity index (χ3v) is 2.73. The highest BCUT2D eigenvalue weighted by Gasteiger charge is 2.14. The number of hydrogen-bond acceptors (Lipinski definition) is 5. The summed E-state index contributed by atoms with van der Waals surface area (Å²) in [6, 6.07) is 5.67. The van der Waals surface area contributed by atoms with Crippen LogP contribution >= 0.6 is 0 Å². The van der Waals surface area contributed by atoms with Crippen LogP contribution in [0.3, 0.4) is 0 Å². The van der Waals surface area contributed by atoms with Crippen molar-refractivity contribution in [3.8, 4) is 11.5 Å². The standard InChI is InChI=1S/C14H19NO4/c1-3-17-14(16)8-10(2)15-11-4-5-12-13(9-11)19-7-6-18-12/h4-5,9-10,15H,3,6-8H2,1-2H3. The van der Waals surface area contributed by atoms with Crippen LogP contribution in [0.25, 0.3) is 0 Å². The molecule has 0 aliphatic carbocycles. The Labute approximate surface area is 112 Å². The molecule has 0 amide bonds. The maximum atomic E-state index is 11.4. The summed E-state index contributed by atoms with van der Waals surface area (Å²) in [5.41, 5.74) is 0.904. The highest BCUT2D eigenvalue weighted by Crippen LogP contribution is 2.32. The first-order chi connectivity index (χ1) is 9.19. The molecule has 0 saturated carbocycles. The fourth-order valence-corrected chi connectivity index (χ4v) is 1.94. The lowest BCUT2D eigenvalue weighted by Gasteiger charge is -2.20. The third kappa shape index (κ3) is 3.77. The smallest absolute Gasteiger partial charge is 0.307 e. The van der Waals surface area contributed by atoms with E-state index in [0.29, 0.717) is 26.2 Å². The van der Waals surface area contributed by atoms with E-state index in [0.717, 1.165) is 17.2 Å². The largest absolute Gasteiger partial charge is 0.486 e. The summed E-state index contributed by atoms with van der Waals surface area (Å²) in [6.07, 6.45) is 0.336. The van der Waals surface area contributed by atoms with E-state index >= 15 is 0 Å². The van der Waals surface area contributed by atoms with Gasteiger partial charge in [0.05, 0.1) is 13.0 Å². The number of carbonyl (C=O) groups excluding carboxylic acids is 1. The van der Waals surface area contributed by atoms with E-state index in [4.69, 9.17) is 14.2 Å². The number of benzene rings is 1. The molecule has 1 aromatic rings. The first kappa shape index (κ1) is 13.5. The summed E-state index contributed by atoms with van der Waals surface area (Å²) < 4.78 is 15.9. The molecule has 5 heteroatoms. The van der Waals surface area contributed by atoms with E-state index in [1.54, 1.807) is 6.92 Å². The van der Waals surface area contributed by atoms with Crippen LogP contribution in [0.2, 0.25) is 0 Å². The van der Waals surface area contributed by atoms with Gasteiger partial charge in [0.15, 0.2) is 11.5 Å². The lowest BCUT2D eigenvalue weighted by Crippen LogP contribution is -2.21. The quantitative estimate of drug-likeness (QED) is 0.827. The molecule has 0 saturated heterocycles. The van der Waals surface area contributed by atoms with Crippen LogP contribution in [0.5, 0.6) is 11.5 Å². The Kier molecular flexibility index (Phi) is 4.49. The minimum Gasteiger partial charge on any atom is -0.486 e. The van der Waals surface area contributed by atoms with Gasteiger partial charge in [0, 0.05) is 17.8 Å². The lowest BCUT2D eigenvalue weighted by atomic mass is 10.2. The Bertz CT molecular complexity index is 447. The van der Waals surface area contributed by atoms with Crippen LogP contribution in [-0.2, 0) is 9.53 Å². The number of anilines is 1. The first-order valence-corrected chi connectivity index (χ1v) is 6.51. The van der Waals surface area contributed by atoms with Crippen molar-refractivity contribution in [2.45, 2.75) is 26.3 Å². The minimum atomic E-state index is -0.194. The number of hydrogen-bond donors (Lipinski definition) is 1. The maximum Gasteiger partial charge on any atom is 0.307 e. The van der Waals surface area contributed by atoms with Gasteiger partial charge in [-0.15, -0.1) is 0 Å². The molecule has 0 aromatic heterocycles. The number of fused-ring (bicyclic) bond motifs is 1. The van der Waals surface area contributed by atoms with Crippen molar-refractivity contribution in [3.05, 3.63) is 18.2 Å². The molecular weight excluding hydrogens is 246 g/mol. The molecule has 1 aromatic carbocycles. The summed E-state index contributed by atoms with van der Waals surface area (Å²) >= 11 is 0. The van der Waals surface area contributed by atoms with Gasteiger partial charge in [-0.25, -0.2) is 0 Å². The van der Waals surface area contributed by atoms with Gasteiger partial charge in [-0.3, -0.25) is 4.79 Å². The van der Waals surface area contributed by atoms with Gasteiger partial charge in [-0.05, 0) is 26.0 Å². The number of carbonyl (C=O) groups is 1. The molecule has 0 fully saturated rings. The van der Waals surface area contributed by atoms with Crippen molar-refractivity contribution < 1.29 is 19.0 Å².